The summed E-state index contributed by atoms with van der Waals surface area (Å²) < 4.78 is 8.42. The van der Waals surface area contributed by atoms with Crippen molar-refractivity contribution < 1.29 is 4.74 Å². The first-order valence-electron chi connectivity index (χ1n) is 11.4. The molecule has 0 amide bonds. The van der Waals surface area contributed by atoms with Crippen LogP contribution in [0.4, 0.5) is 0 Å². The maximum absolute atomic E-state index is 6.32. The molecule has 2 N–H and O–H groups in total. The Morgan fingerprint density at radius 2 is 1.94 bits per heavy atom. The summed E-state index contributed by atoms with van der Waals surface area (Å²) in [7, 11) is 0. The Balaban J connectivity index is 1.26. The van der Waals surface area contributed by atoms with E-state index in [1.807, 2.05) is 30.9 Å². The zero-order chi connectivity index (χ0) is 21.9. The van der Waals surface area contributed by atoms with Gasteiger partial charge in [0.1, 0.15) is 11.7 Å². The molecule has 170 valence electrons. The van der Waals surface area contributed by atoms with Gasteiger partial charge in [0.25, 0.3) is 0 Å². The maximum Gasteiger partial charge on any atom is 0.135 e. The fraction of sp³-hybridized carbons (Fsp3) is 0.522. The predicted octanol–water partition coefficient (Wildman–Crippen LogP) is 2.39. The Labute approximate surface area is 193 Å². The van der Waals surface area contributed by atoms with E-state index in [-0.39, 0.29) is 6.10 Å². The van der Waals surface area contributed by atoms with Crippen molar-refractivity contribution in [2.24, 2.45) is 15.9 Å². The molecule has 1 aromatic carbocycles. The number of likely N-dealkylation sites (tertiary alicyclic amines) is 1. The largest absolute Gasteiger partial charge is 0.385 e. The van der Waals surface area contributed by atoms with Crippen molar-refractivity contribution in [1.82, 2.24) is 19.4 Å². The van der Waals surface area contributed by atoms with Crippen LogP contribution in [0.25, 0.3) is 0 Å². The third kappa shape index (κ3) is 4.98. The van der Waals surface area contributed by atoms with Crippen molar-refractivity contribution in [2.75, 3.05) is 26.2 Å². The summed E-state index contributed by atoms with van der Waals surface area (Å²) in [5.41, 5.74) is 7.12. The zero-order valence-corrected chi connectivity index (χ0v) is 18.9. The second kappa shape index (κ2) is 9.60. The average Bonchev–Trinajstić information content (AvgIpc) is 3.48. The van der Waals surface area contributed by atoms with Crippen molar-refractivity contribution in [2.45, 2.75) is 50.4 Å². The van der Waals surface area contributed by atoms with Crippen LogP contribution >= 0.6 is 11.6 Å². The Hall–Kier alpha value is -2.42. The Bertz CT molecular complexity index is 951. The molecule has 0 aliphatic carbocycles. The first-order chi connectivity index (χ1) is 15.6. The summed E-state index contributed by atoms with van der Waals surface area (Å²) in [5.74, 6) is 1.62. The fourth-order valence-corrected chi connectivity index (χ4v) is 5.15. The van der Waals surface area contributed by atoms with E-state index in [9.17, 15) is 0 Å². The van der Waals surface area contributed by atoms with Crippen molar-refractivity contribution in [1.29, 1.82) is 0 Å². The van der Waals surface area contributed by atoms with Gasteiger partial charge in [0, 0.05) is 49.1 Å². The molecule has 0 bridgehead atoms. The Morgan fingerprint density at radius 1 is 1.12 bits per heavy atom. The summed E-state index contributed by atoms with van der Waals surface area (Å²) in [5, 5.41) is 9.05. The molecular weight excluding hydrogens is 426 g/mol. The molecule has 0 radical (unpaired) electrons. The van der Waals surface area contributed by atoms with Crippen LogP contribution in [0.1, 0.15) is 24.8 Å². The van der Waals surface area contributed by atoms with Gasteiger partial charge in [0.2, 0.25) is 0 Å². The number of morpholine rings is 1. The first kappa shape index (κ1) is 21.4. The molecule has 3 aliphatic heterocycles. The first-order valence-corrected chi connectivity index (χ1v) is 11.7. The quantitative estimate of drug-likeness (QED) is 0.748. The highest BCUT2D eigenvalue weighted by Crippen LogP contribution is 2.26. The number of piperidine rings is 1. The number of benzene rings is 1. The lowest BCUT2D eigenvalue weighted by Gasteiger charge is -2.47. The summed E-state index contributed by atoms with van der Waals surface area (Å²) in [6, 6.07) is 9.09. The average molecular weight is 456 g/mol. The van der Waals surface area contributed by atoms with Crippen LogP contribution in [0.5, 0.6) is 0 Å². The van der Waals surface area contributed by atoms with Gasteiger partial charge >= 0.3 is 0 Å². The highest BCUT2D eigenvalue weighted by Gasteiger charge is 2.36. The highest BCUT2D eigenvalue weighted by atomic mass is 35.5. The van der Waals surface area contributed by atoms with Gasteiger partial charge in [0.15, 0.2) is 0 Å². The summed E-state index contributed by atoms with van der Waals surface area (Å²) in [6.45, 7) is 4.47. The normalized spacial score (nSPS) is 25.1. The molecule has 2 aromatic rings. The molecule has 0 saturated carbocycles. The molecule has 5 rings (SSSR count). The molecule has 2 saturated heterocycles. The van der Waals surface area contributed by atoms with E-state index < -0.39 is 0 Å². The van der Waals surface area contributed by atoms with Gasteiger partial charge in [-0.05, 0) is 37.0 Å². The standard InChI is InChI=1S/C23H30ClN7O/c24-18-3-1-17(2-4-18)11-20-15-32-21(13-29-10-7-26-16-29)14-31(20)19-5-8-30(9-6-19)23-12-22(25)27-28-23/h1-4,7,10,16,19-21H,5-6,8-9,11-15H2,(H2,25,27)/t20-,21-/m0/s1. The van der Waals surface area contributed by atoms with Crippen molar-refractivity contribution in [3.63, 3.8) is 0 Å². The van der Waals surface area contributed by atoms with Crippen LogP contribution in [0.2, 0.25) is 5.02 Å². The number of ether oxygens (including phenoxy) is 1. The fourth-order valence-electron chi connectivity index (χ4n) is 5.02. The predicted molar refractivity (Wildman–Crippen MR) is 126 cm³/mol. The molecule has 2 atom stereocenters. The van der Waals surface area contributed by atoms with Crippen LogP contribution in [0.15, 0.2) is 53.2 Å². The van der Waals surface area contributed by atoms with Gasteiger partial charge < -0.3 is 19.9 Å². The highest BCUT2D eigenvalue weighted by molar-refractivity contribution is 6.30. The molecular formula is C23H30ClN7O. The SMILES string of the molecule is NC1=NN=C(N2CCC(N3C[C@H](Cn4ccnc4)OC[C@@H]3Cc3ccc(Cl)cc3)CC2)C1. The number of halogens is 1. The second-order valence-corrected chi connectivity index (χ2v) is 9.34. The molecule has 8 nitrogen and oxygen atoms in total. The number of amidine groups is 2. The summed E-state index contributed by atoms with van der Waals surface area (Å²) >= 11 is 6.10. The topological polar surface area (TPSA) is 84.3 Å². The van der Waals surface area contributed by atoms with E-state index in [2.05, 4.69) is 41.7 Å². The summed E-state index contributed by atoms with van der Waals surface area (Å²) in [4.78, 5) is 9.21. The van der Waals surface area contributed by atoms with E-state index in [0.717, 1.165) is 62.9 Å². The van der Waals surface area contributed by atoms with Crippen molar-refractivity contribution >= 4 is 23.3 Å². The number of imidazole rings is 1. The van der Waals surface area contributed by atoms with Gasteiger partial charge in [-0.1, -0.05) is 23.7 Å². The van der Waals surface area contributed by atoms with Gasteiger partial charge in [0.05, 0.1) is 32.0 Å². The molecule has 1 aromatic heterocycles. The Morgan fingerprint density at radius 3 is 2.62 bits per heavy atom. The lowest BCUT2D eigenvalue weighted by Crippen LogP contribution is -2.58. The molecule has 32 heavy (non-hydrogen) atoms. The number of hydrogen-bond acceptors (Lipinski definition) is 7. The summed E-state index contributed by atoms with van der Waals surface area (Å²) in [6.07, 6.45) is 9.70. The molecule has 3 aliphatic rings. The number of aromatic nitrogens is 2. The zero-order valence-electron chi connectivity index (χ0n) is 18.2. The lowest BCUT2D eigenvalue weighted by atomic mass is 9.96. The molecule has 2 fully saturated rings. The van der Waals surface area contributed by atoms with Crippen molar-refractivity contribution in [3.8, 4) is 0 Å². The van der Waals surface area contributed by atoms with E-state index in [4.69, 9.17) is 22.1 Å². The number of nitrogens with two attached hydrogens (primary N) is 1. The van der Waals surface area contributed by atoms with Gasteiger partial charge in [-0.15, -0.1) is 10.2 Å². The Kier molecular flexibility index (Phi) is 6.43. The number of hydrogen-bond donors (Lipinski definition) is 1. The smallest absolute Gasteiger partial charge is 0.135 e. The molecule has 4 heterocycles. The minimum Gasteiger partial charge on any atom is -0.385 e. The number of nitrogens with zero attached hydrogens (tertiary/aromatic N) is 6. The van der Waals surface area contributed by atoms with Gasteiger partial charge in [-0.2, -0.15) is 0 Å². The van der Waals surface area contributed by atoms with Gasteiger partial charge in [-0.3, -0.25) is 4.90 Å². The second-order valence-electron chi connectivity index (χ2n) is 8.90. The maximum atomic E-state index is 6.32. The molecule has 9 heteroatoms. The van der Waals surface area contributed by atoms with Crippen molar-refractivity contribution in [3.05, 3.63) is 53.6 Å². The van der Waals surface area contributed by atoms with E-state index in [1.54, 1.807) is 0 Å². The van der Waals surface area contributed by atoms with Crippen LogP contribution in [-0.2, 0) is 17.7 Å². The monoisotopic (exact) mass is 455 g/mol. The van der Waals surface area contributed by atoms with Crippen LogP contribution in [0, 0.1) is 0 Å². The van der Waals surface area contributed by atoms with E-state index in [0.29, 0.717) is 24.3 Å². The minimum atomic E-state index is 0.163. The van der Waals surface area contributed by atoms with E-state index in [1.165, 1.54) is 5.56 Å². The molecule has 0 spiro atoms. The number of rotatable bonds is 5. The lowest BCUT2D eigenvalue weighted by molar-refractivity contribution is -0.0901. The molecule has 0 unspecified atom stereocenters. The van der Waals surface area contributed by atoms with E-state index >= 15 is 0 Å². The van der Waals surface area contributed by atoms with Crippen LogP contribution in [-0.4, -0.2) is 75.5 Å². The van der Waals surface area contributed by atoms with Crippen LogP contribution < -0.4 is 5.73 Å². The van der Waals surface area contributed by atoms with Gasteiger partial charge in [-0.25, -0.2) is 4.98 Å². The third-order valence-electron chi connectivity index (χ3n) is 6.70. The minimum absolute atomic E-state index is 0.163. The van der Waals surface area contributed by atoms with Crippen LogP contribution in [0.3, 0.4) is 0 Å². The third-order valence-corrected chi connectivity index (χ3v) is 6.95.